The fraction of sp³-hybridized carbons (Fsp3) is 0.600. The Balaban J connectivity index is 0.00000256. The van der Waals surface area contributed by atoms with Gasteiger partial charge >= 0.3 is 0 Å². The maximum absolute atomic E-state index is 2.51. The van der Waals surface area contributed by atoms with Crippen molar-refractivity contribution in [2.24, 2.45) is 0 Å². The van der Waals surface area contributed by atoms with Crippen LogP contribution in [-0.4, -0.2) is 19.5 Å². The van der Waals surface area contributed by atoms with Crippen LogP contribution in [0.3, 0.4) is 0 Å². The van der Waals surface area contributed by atoms with Crippen molar-refractivity contribution in [1.29, 1.82) is 0 Å². The van der Waals surface area contributed by atoms with Gasteiger partial charge in [0.2, 0.25) is 0 Å². The Morgan fingerprint density at radius 3 is 2.18 bits per heavy atom. The molecule has 98 valence electrons. The van der Waals surface area contributed by atoms with E-state index in [0.717, 1.165) is 0 Å². The normalized spacial score (nSPS) is 11.0. The second kappa shape index (κ2) is 9.33. The van der Waals surface area contributed by atoms with Gasteiger partial charge < -0.3 is 24.0 Å². The van der Waals surface area contributed by atoms with E-state index in [9.17, 15) is 0 Å². The van der Waals surface area contributed by atoms with Gasteiger partial charge in [0, 0.05) is 20.6 Å². The molecule has 0 fully saturated rings. The molecule has 0 aliphatic heterocycles. The predicted molar refractivity (Wildman–Crippen MR) is 77.9 cm³/mol. The van der Waals surface area contributed by atoms with E-state index in [1.807, 2.05) is 0 Å². The predicted octanol–water partition coefficient (Wildman–Crippen LogP) is 2.05. The largest absolute Gasteiger partial charge is 1.00 e. The molecular formula is C15H26IP. The van der Waals surface area contributed by atoms with Gasteiger partial charge in [0.1, 0.15) is 0 Å². The monoisotopic (exact) mass is 364 g/mol. The minimum Gasteiger partial charge on any atom is -1.00 e. The number of rotatable bonds is 7. The molecule has 2 heteroatoms. The Morgan fingerprint density at radius 1 is 0.941 bits per heavy atom. The second-order valence-electron chi connectivity index (χ2n) is 5.36. The highest BCUT2D eigenvalue weighted by atomic mass is 127. The van der Waals surface area contributed by atoms with Gasteiger partial charge in [-0.05, 0) is 18.4 Å². The topological polar surface area (TPSA) is 0 Å². The van der Waals surface area contributed by atoms with Crippen molar-refractivity contribution in [2.45, 2.75) is 38.8 Å². The van der Waals surface area contributed by atoms with Crippen LogP contribution < -0.4 is 24.0 Å². The number of unbranched alkanes of at least 4 members (excludes halogenated alkanes) is 3. The molecule has 0 radical (unpaired) electrons. The van der Waals surface area contributed by atoms with Crippen molar-refractivity contribution in [3.05, 3.63) is 35.9 Å². The van der Waals surface area contributed by atoms with Crippen LogP contribution >= 0.6 is 7.26 Å². The molecule has 0 bridgehead atoms. The lowest BCUT2D eigenvalue weighted by Crippen LogP contribution is -3.00. The molecule has 0 spiro atoms. The van der Waals surface area contributed by atoms with Gasteiger partial charge in [0.25, 0.3) is 0 Å². The molecule has 0 unspecified atom stereocenters. The molecule has 0 amide bonds. The zero-order valence-electron chi connectivity index (χ0n) is 11.5. The first kappa shape index (κ1) is 17.4. The molecule has 0 aromatic heterocycles. The zero-order valence-corrected chi connectivity index (χ0v) is 14.5. The van der Waals surface area contributed by atoms with Crippen LogP contribution in [0, 0.1) is 0 Å². The molecule has 0 saturated heterocycles. The minimum absolute atomic E-state index is 0. The maximum atomic E-state index is 2.51. The van der Waals surface area contributed by atoms with Gasteiger partial charge in [-0.25, -0.2) is 0 Å². The summed E-state index contributed by atoms with van der Waals surface area (Å²) in [7, 11) is -0.705. The molecule has 0 nitrogen and oxygen atoms in total. The van der Waals surface area contributed by atoms with Crippen LogP contribution in [0.15, 0.2) is 30.3 Å². The van der Waals surface area contributed by atoms with E-state index in [4.69, 9.17) is 0 Å². The van der Waals surface area contributed by atoms with Crippen molar-refractivity contribution in [3.63, 3.8) is 0 Å². The molecule has 0 aliphatic rings. The first-order valence-corrected chi connectivity index (χ1v) is 9.55. The SMILES string of the molecule is CCCCCC[P+](C)(C)Cc1ccccc1.[I-]. The molecule has 0 saturated carbocycles. The van der Waals surface area contributed by atoms with E-state index in [0.29, 0.717) is 0 Å². The van der Waals surface area contributed by atoms with E-state index in [1.54, 1.807) is 0 Å². The Labute approximate surface area is 125 Å². The van der Waals surface area contributed by atoms with Crippen molar-refractivity contribution in [2.75, 3.05) is 19.5 Å². The van der Waals surface area contributed by atoms with Crippen LogP contribution in [-0.2, 0) is 6.16 Å². The van der Waals surface area contributed by atoms with E-state index in [1.165, 1.54) is 43.6 Å². The van der Waals surface area contributed by atoms with Crippen LogP contribution in [0.2, 0.25) is 0 Å². The molecule has 1 aromatic rings. The van der Waals surface area contributed by atoms with Crippen molar-refractivity contribution in [1.82, 2.24) is 0 Å². The summed E-state index contributed by atoms with van der Waals surface area (Å²) in [6.07, 6.45) is 8.39. The summed E-state index contributed by atoms with van der Waals surface area (Å²) in [5.41, 5.74) is 1.52. The van der Waals surface area contributed by atoms with Crippen molar-refractivity contribution < 1.29 is 24.0 Å². The summed E-state index contributed by atoms with van der Waals surface area (Å²) in [5, 5.41) is 0. The summed E-state index contributed by atoms with van der Waals surface area (Å²) >= 11 is 0. The lowest BCUT2D eigenvalue weighted by atomic mass is 10.2. The van der Waals surface area contributed by atoms with Crippen molar-refractivity contribution >= 4 is 7.26 Å². The second-order valence-corrected chi connectivity index (χ2v) is 10.00. The third-order valence-electron chi connectivity index (χ3n) is 3.07. The van der Waals surface area contributed by atoms with E-state index >= 15 is 0 Å². The van der Waals surface area contributed by atoms with Gasteiger partial charge in [-0.2, -0.15) is 0 Å². The van der Waals surface area contributed by atoms with E-state index in [2.05, 4.69) is 50.6 Å². The average Bonchev–Trinajstić information content (AvgIpc) is 2.25. The first-order valence-electron chi connectivity index (χ1n) is 6.50. The van der Waals surface area contributed by atoms with Crippen LogP contribution in [0.5, 0.6) is 0 Å². The zero-order chi connectivity index (χ0) is 11.9. The third-order valence-corrected chi connectivity index (χ3v) is 5.82. The van der Waals surface area contributed by atoms with Gasteiger partial charge in [-0.3, -0.25) is 0 Å². The Kier molecular flexibility index (Phi) is 9.54. The summed E-state index contributed by atoms with van der Waals surface area (Å²) < 4.78 is 0. The maximum Gasteiger partial charge on any atom is 0.0837 e. The number of benzene rings is 1. The molecule has 1 aromatic carbocycles. The Morgan fingerprint density at radius 2 is 1.59 bits per heavy atom. The molecule has 0 N–H and O–H groups in total. The Bertz CT molecular complexity index is 282. The fourth-order valence-electron chi connectivity index (χ4n) is 2.12. The highest BCUT2D eigenvalue weighted by Crippen LogP contribution is 2.54. The number of halogens is 1. The smallest absolute Gasteiger partial charge is 0.0837 e. The van der Waals surface area contributed by atoms with Gasteiger partial charge in [0.15, 0.2) is 0 Å². The van der Waals surface area contributed by atoms with Gasteiger partial charge in [-0.15, -0.1) is 0 Å². The quantitative estimate of drug-likeness (QED) is 0.395. The summed E-state index contributed by atoms with van der Waals surface area (Å²) in [6, 6.07) is 11.0. The lowest BCUT2D eigenvalue weighted by molar-refractivity contribution is -0.00000370. The van der Waals surface area contributed by atoms with Crippen LogP contribution in [0.25, 0.3) is 0 Å². The summed E-state index contributed by atoms with van der Waals surface area (Å²) in [4.78, 5) is 0. The highest BCUT2D eigenvalue weighted by Gasteiger charge is 2.24. The summed E-state index contributed by atoms with van der Waals surface area (Å²) in [6.45, 7) is 7.29. The Hall–Kier alpha value is 0.380. The number of hydrogen-bond donors (Lipinski definition) is 0. The fourth-order valence-corrected chi connectivity index (χ4v) is 4.56. The first-order chi connectivity index (χ1) is 7.64. The van der Waals surface area contributed by atoms with Crippen molar-refractivity contribution in [3.8, 4) is 0 Å². The third kappa shape index (κ3) is 8.15. The highest BCUT2D eigenvalue weighted by molar-refractivity contribution is 7.73. The van der Waals surface area contributed by atoms with Gasteiger partial charge in [-0.1, -0.05) is 50.1 Å². The van der Waals surface area contributed by atoms with E-state index < -0.39 is 7.26 Å². The lowest BCUT2D eigenvalue weighted by Gasteiger charge is -2.18. The molecule has 0 heterocycles. The molecule has 17 heavy (non-hydrogen) atoms. The van der Waals surface area contributed by atoms with Gasteiger partial charge in [0.05, 0.1) is 12.3 Å². The van der Waals surface area contributed by atoms with Crippen LogP contribution in [0.1, 0.15) is 38.2 Å². The number of hydrogen-bond acceptors (Lipinski definition) is 0. The summed E-state index contributed by atoms with van der Waals surface area (Å²) in [5.74, 6) is 0. The molecule has 0 aliphatic carbocycles. The van der Waals surface area contributed by atoms with Crippen LogP contribution in [0.4, 0.5) is 0 Å². The standard InChI is InChI=1S/C15H26P.HI/c1-4-5-6-10-13-16(2,3)14-15-11-8-7-9-12-15;/h7-9,11-12H,4-6,10,13-14H2,1-3H3;1H/q+1;/p-1. The molecular weight excluding hydrogens is 338 g/mol. The average molecular weight is 364 g/mol. The molecule has 0 atom stereocenters. The van der Waals surface area contributed by atoms with E-state index in [-0.39, 0.29) is 24.0 Å². The molecule has 1 rings (SSSR count). The minimum atomic E-state index is -0.705.